The number of carbonyl (C=O) groups is 2. The molecule has 0 aliphatic heterocycles. The van der Waals surface area contributed by atoms with Crippen molar-refractivity contribution in [2.45, 2.75) is 13.1 Å². The molecule has 0 atom stereocenters. The van der Waals surface area contributed by atoms with Crippen LogP contribution < -0.4 is 5.32 Å². The van der Waals surface area contributed by atoms with Gasteiger partial charge in [0.2, 0.25) is 5.78 Å². The van der Waals surface area contributed by atoms with Gasteiger partial charge in [0.25, 0.3) is 5.91 Å². The van der Waals surface area contributed by atoms with Crippen molar-refractivity contribution in [1.29, 1.82) is 0 Å². The highest BCUT2D eigenvalue weighted by molar-refractivity contribution is 6.29. The minimum absolute atomic E-state index is 0.0987. The van der Waals surface area contributed by atoms with Crippen LogP contribution in [-0.2, 0) is 6.18 Å². The molecule has 0 aliphatic rings. The maximum atomic E-state index is 12.7. The number of Topliss-reactive ketones (excluding diaryl/α,β-unsaturated/α-hetero) is 1. The predicted molar refractivity (Wildman–Crippen MR) is 98.1 cm³/mol. The first-order valence-electron chi connectivity index (χ1n) is 8.22. The zero-order valence-electron chi connectivity index (χ0n) is 15.0. The molecule has 3 rings (SSSR count). The van der Waals surface area contributed by atoms with Crippen LogP contribution in [-0.4, -0.2) is 31.9 Å². The molecule has 0 aromatic carbocycles. The third-order valence-corrected chi connectivity index (χ3v) is 3.95. The highest BCUT2D eigenvalue weighted by Crippen LogP contribution is 2.28. The van der Waals surface area contributed by atoms with Gasteiger partial charge in [-0.1, -0.05) is 12.6 Å². The first-order valence-corrected chi connectivity index (χ1v) is 8.22. The number of amides is 1. The van der Waals surface area contributed by atoms with Crippen LogP contribution in [0.5, 0.6) is 0 Å². The van der Waals surface area contributed by atoms with Gasteiger partial charge in [0, 0.05) is 35.4 Å². The van der Waals surface area contributed by atoms with Crippen LogP contribution in [0, 0.1) is 6.92 Å². The standard InChI is InChI=1S/C19H14F3N5O2/c1-10-3-4-13(8-23-10)18(29)26-14-9-25-27-16(14)17(28)11(2)12-5-6-15(24-7-12)19(20,21)22/h3-9H,2H2,1H3,(H,25,27)(H,26,29). The van der Waals surface area contributed by atoms with Gasteiger partial charge in [0.15, 0.2) is 5.69 Å². The van der Waals surface area contributed by atoms with Gasteiger partial charge in [-0.3, -0.25) is 24.7 Å². The number of alkyl halides is 3. The van der Waals surface area contributed by atoms with Crippen LogP contribution in [0.1, 0.15) is 37.8 Å². The van der Waals surface area contributed by atoms with Crippen LogP contribution in [0.4, 0.5) is 18.9 Å². The molecule has 10 heteroatoms. The van der Waals surface area contributed by atoms with Gasteiger partial charge in [-0.2, -0.15) is 18.3 Å². The first kappa shape index (κ1) is 19.9. The summed E-state index contributed by atoms with van der Waals surface area (Å²) in [7, 11) is 0. The van der Waals surface area contributed by atoms with Crippen molar-refractivity contribution in [2.75, 3.05) is 5.32 Å². The molecule has 0 aliphatic carbocycles. The Morgan fingerprint density at radius 3 is 2.34 bits per heavy atom. The summed E-state index contributed by atoms with van der Waals surface area (Å²) in [5.41, 5.74) is -0.120. The number of nitrogens with one attached hydrogen (secondary N) is 2. The second-order valence-electron chi connectivity index (χ2n) is 6.03. The minimum Gasteiger partial charge on any atom is -0.319 e. The molecule has 0 saturated heterocycles. The Hall–Kier alpha value is -3.82. The van der Waals surface area contributed by atoms with Gasteiger partial charge < -0.3 is 5.32 Å². The number of rotatable bonds is 5. The summed E-state index contributed by atoms with van der Waals surface area (Å²) in [6.07, 6.45) is -0.982. The minimum atomic E-state index is -4.59. The molecule has 0 radical (unpaired) electrons. The number of aromatic nitrogens is 4. The molecule has 7 nitrogen and oxygen atoms in total. The Kier molecular flexibility index (Phi) is 5.26. The Morgan fingerprint density at radius 2 is 1.76 bits per heavy atom. The average Bonchev–Trinajstić information content (AvgIpc) is 3.14. The van der Waals surface area contributed by atoms with Crippen molar-refractivity contribution in [2.24, 2.45) is 0 Å². The third kappa shape index (κ3) is 4.37. The van der Waals surface area contributed by atoms with Crippen LogP contribution >= 0.6 is 0 Å². The predicted octanol–water partition coefficient (Wildman–Crippen LogP) is 3.68. The second kappa shape index (κ2) is 7.66. The summed E-state index contributed by atoms with van der Waals surface area (Å²) in [6, 6.07) is 5.09. The number of pyridine rings is 2. The summed E-state index contributed by atoms with van der Waals surface area (Å²) in [5, 5.41) is 8.83. The quantitative estimate of drug-likeness (QED) is 0.502. The molecule has 3 aromatic heterocycles. The number of hydrogen-bond donors (Lipinski definition) is 2. The Bertz CT molecular complexity index is 1070. The summed E-state index contributed by atoms with van der Waals surface area (Å²) in [5.74, 6) is -1.18. The number of aryl methyl sites for hydroxylation is 1. The molecule has 3 aromatic rings. The second-order valence-corrected chi connectivity index (χ2v) is 6.03. The molecule has 0 bridgehead atoms. The number of nitrogens with zero attached hydrogens (tertiary/aromatic N) is 3. The van der Waals surface area contributed by atoms with E-state index in [2.05, 4.69) is 32.1 Å². The molecule has 0 fully saturated rings. The van der Waals surface area contributed by atoms with Gasteiger partial charge in [-0.15, -0.1) is 0 Å². The van der Waals surface area contributed by atoms with Crippen LogP contribution in [0.3, 0.4) is 0 Å². The van der Waals surface area contributed by atoms with Crippen molar-refractivity contribution >= 4 is 23.0 Å². The number of ketones is 1. The molecule has 0 saturated carbocycles. The maximum absolute atomic E-state index is 12.7. The van der Waals surface area contributed by atoms with Crippen molar-refractivity contribution in [3.63, 3.8) is 0 Å². The number of H-pyrrole nitrogens is 1. The van der Waals surface area contributed by atoms with E-state index < -0.39 is 23.6 Å². The van der Waals surface area contributed by atoms with Crippen molar-refractivity contribution in [3.05, 3.63) is 77.6 Å². The fourth-order valence-corrected chi connectivity index (χ4v) is 2.37. The fraction of sp³-hybridized carbons (Fsp3) is 0.105. The van der Waals surface area contributed by atoms with E-state index in [0.29, 0.717) is 0 Å². The third-order valence-electron chi connectivity index (χ3n) is 3.95. The zero-order valence-corrected chi connectivity index (χ0v) is 15.0. The lowest BCUT2D eigenvalue weighted by atomic mass is 10.0. The topological polar surface area (TPSA) is 101 Å². The van der Waals surface area contributed by atoms with Crippen molar-refractivity contribution in [1.82, 2.24) is 20.2 Å². The van der Waals surface area contributed by atoms with Gasteiger partial charge >= 0.3 is 6.18 Å². The van der Waals surface area contributed by atoms with E-state index in [-0.39, 0.29) is 28.1 Å². The van der Waals surface area contributed by atoms with Gasteiger partial charge in [0.05, 0.1) is 11.3 Å². The Morgan fingerprint density at radius 1 is 1.07 bits per heavy atom. The fourth-order valence-electron chi connectivity index (χ4n) is 2.37. The monoisotopic (exact) mass is 401 g/mol. The lowest BCUT2D eigenvalue weighted by molar-refractivity contribution is -0.141. The zero-order chi connectivity index (χ0) is 21.2. The van der Waals surface area contributed by atoms with E-state index >= 15 is 0 Å². The van der Waals surface area contributed by atoms with Crippen molar-refractivity contribution in [3.8, 4) is 0 Å². The number of halogens is 3. The molecule has 0 spiro atoms. The lowest BCUT2D eigenvalue weighted by Crippen LogP contribution is -2.15. The smallest absolute Gasteiger partial charge is 0.319 e. The number of aromatic amines is 1. The van der Waals surface area contributed by atoms with E-state index in [9.17, 15) is 22.8 Å². The number of allylic oxidation sites excluding steroid dienone is 1. The highest BCUT2D eigenvalue weighted by atomic mass is 19.4. The summed E-state index contributed by atoms with van der Waals surface area (Å²) in [6.45, 7) is 5.39. The average molecular weight is 401 g/mol. The molecule has 0 unspecified atom stereocenters. The molecule has 1 amide bonds. The number of hydrogen-bond acceptors (Lipinski definition) is 5. The van der Waals surface area contributed by atoms with Crippen LogP contribution in [0.15, 0.2) is 49.4 Å². The van der Waals surface area contributed by atoms with Crippen LogP contribution in [0.2, 0.25) is 0 Å². The molecular weight excluding hydrogens is 387 g/mol. The molecular formula is C19H14F3N5O2. The molecule has 29 heavy (non-hydrogen) atoms. The summed E-state index contributed by atoms with van der Waals surface area (Å²) in [4.78, 5) is 32.3. The highest BCUT2D eigenvalue weighted by Gasteiger charge is 2.32. The normalized spacial score (nSPS) is 11.2. The van der Waals surface area contributed by atoms with E-state index in [0.717, 1.165) is 24.0 Å². The first-order chi connectivity index (χ1) is 13.7. The van der Waals surface area contributed by atoms with Gasteiger partial charge in [0.1, 0.15) is 5.69 Å². The van der Waals surface area contributed by atoms with E-state index in [4.69, 9.17) is 0 Å². The summed E-state index contributed by atoms with van der Waals surface area (Å²) < 4.78 is 37.9. The summed E-state index contributed by atoms with van der Waals surface area (Å²) >= 11 is 0. The Balaban J connectivity index is 1.78. The molecule has 2 N–H and O–H groups in total. The number of carbonyl (C=O) groups excluding carboxylic acids is 2. The Labute approximate surface area is 162 Å². The van der Waals surface area contributed by atoms with E-state index in [1.807, 2.05) is 0 Å². The van der Waals surface area contributed by atoms with Gasteiger partial charge in [-0.25, -0.2) is 0 Å². The maximum Gasteiger partial charge on any atom is 0.433 e. The SMILES string of the molecule is C=C(C(=O)c1n[nH]cc1NC(=O)c1ccc(C)nc1)c1ccc(C(F)(F)F)nc1. The van der Waals surface area contributed by atoms with E-state index in [1.54, 1.807) is 19.1 Å². The lowest BCUT2D eigenvalue weighted by Gasteiger charge is -2.09. The van der Waals surface area contributed by atoms with Gasteiger partial charge in [-0.05, 0) is 25.1 Å². The van der Waals surface area contributed by atoms with Crippen molar-refractivity contribution < 1.29 is 22.8 Å². The van der Waals surface area contributed by atoms with Crippen LogP contribution in [0.25, 0.3) is 5.57 Å². The largest absolute Gasteiger partial charge is 0.433 e. The van der Waals surface area contributed by atoms with E-state index in [1.165, 1.54) is 12.4 Å². The number of anilines is 1. The molecule has 3 heterocycles. The molecule has 148 valence electrons.